The van der Waals surface area contributed by atoms with Crippen LogP contribution in [0.25, 0.3) is 10.8 Å². The van der Waals surface area contributed by atoms with E-state index in [9.17, 15) is 9.59 Å². The van der Waals surface area contributed by atoms with Gasteiger partial charge in [0.2, 0.25) is 0 Å². The largest absolute Gasteiger partial charge is 0.490 e. The highest BCUT2D eigenvalue weighted by atomic mass is 16.5. The third-order valence-electron chi connectivity index (χ3n) is 8.49. The lowest BCUT2D eigenvalue weighted by atomic mass is 9.63. The molecule has 0 spiro atoms. The molecule has 186 valence electrons. The van der Waals surface area contributed by atoms with Gasteiger partial charge in [0.15, 0.2) is 11.5 Å². The van der Waals surface area contributed by atoms with Crippen LogP contribution in [0.3, 0.4) is 0 Å². The molecule has 1 aliphatic heterocycles. The molecule has 3 aromatic rings. The Labute approximate surface area is 215 Å². The molecule has 3 aromatic carbocycles. The Hall–Kier alpha value is -3.93. The first-order valence-electron chi connectivity index (χ1n) is 13.1. The quantitative estimate of drug-likeness (QED) is 0.258. The van der Waals surface area contributed by atoms with Gasteiger partial charge in [-0.2, -0.15) is 10.1 Å². The first-order chi connectivity index (χ1) is 18.1. The maximum absolute atomic E-state index is 13.2. The number of imide groups is 1. The summed E-state index contributed by atoms with van der Waals surface area (Å²) in [4.78, 5) is 26.3. The lowest BCUT2D eigenvalue weighted by molar-refractivity contribution is -0.140. The van der Waals surface area contributed by atoms with E-state index in [4.69, 9.17) is 9.47 Å². The standard InChI is InChI=1S/C31H28N2O4/c1-2-36-27-14-18(10-13-26(27)37-17-20-8-5-7-19-6-3-4-9-21(19)20)16-32-33-30(34)28-22-11-12-23(25-15-24(22)25)29(28)31(33)35/h3-14,16,22-25,28-29H,2,15,17H2,1H3/t22-,23-,24-,25-,28-,29+/m0/s1. The van der Waals surface area contributed by atoms with E-state index in [2.05, 4.69) is 41.5 Å². The summed E-state index contributed by atoms with van der Waals surface area (Å²) in [5.74, 6) is 1.97. The molecule has 3 fully saturated rings. The van der Waals surface area contributed by atoms with Gasteiger partial charge in [-0.3, -0.25) is 9.59 Å². The molecule has 6 heteroatoms. The van der Waals surface area contributed by atoms with Gasteiger partial charge in [-0.1, -0.05) is 54.6 Å². The Morgan fingerprint density at radius 2 is 1.62 bits per heavy atom. The zero-order valence-corrected chi connectivity index (χ0v) is 20.6. The topological polar surface area (TPSA) is 68.2 Å². The van der Waals surface area contributed by atoms with Gasteiger partial charge >= 0.3 is 0 Å². The number of hydrazone groups is 1. The molecule has 0 radical (unpaired) electrons. The Bertz CT molecular complexity index is 1440. The fourth-order valence-corrected chi connectivity index (χ4v) is 6.75. The number of hydrogen-bond donors (Lipinski definition) is 0. The number of allylic oxidation sites excluding steroid dienone is 2. The van der Waals surface area contributed by atoms with Crippen molar-refractivity contribution in [2.75, 3.05) is 6.61 Å². The van der Waals surface area contributed by atoms with Crippen molar-refractivity contribution >= 4 is 28.8 Å². The summed E-state index contributed by atoms with van der Waals surface area (Å²) < 4.78 is 12.0. The minimum Gasteiger partial charge on any atom is -0.490 e. The minimum absolute atomic E-state index is 0.156. The van der Waals surface area contributed by atoms with Gasteiger partial charge in [0, 0.05) is 0 Å². The number of hydrogen-bond acceptors (Lipinski definition) is 5. The molecule has 5 aliphatic rings. The summed E-state index contributed by atoms with van der Waals surface area (Å²) in [5, 5.41) is 7.80. The molecule has 8 rings (SSSR count). The van der Waals surface area contributed by atoms with Crippen LogP contribution in [-0.4, -0.2) is 29.6 Å². The van der Waals surface area contributed by atoms with Gasteiger partial charge in [0.25, 0.3) is 11.8 Å². The molecule has 6 atom stereocenters. The van der Waals surface area contributed by atoms with Crippen molar-refractivity contribution in [1.82, 2.24) is 5.01 Å². The highest BCUT2D eigenvalue weighted by Crippen LogP contribution is 2.65. The zero-order valence-electron chi connectivity index (χ0n) is 20.6. The summed E-state index contributed by atoms with van der Waals surface area (Å²) >= 11 is 0. The van der Waals surface area contributed by atoms with E-state index in [1.165, 1.54) is 5.39 Å². The van der Waals surface area contributed by atoms with Gasteiger partial charge in [-0.25, -0.2) is 0 Å². The molecule has 37 heavy (non-hydrogen) atoms. The van der Waals surface area contributed by atoms with Crippen LogP contribution in [0.1, 0.15) is 24.5 Å². The van der Waals surface area contributed by atoms with Crippen molar-refractivity contribution in [2.24, 2.45) is 40.6 Å². The van der Waals surface area contributed by atoms with Crippen molar-refractivity contribution in [3.05, 3.63) is 83.9 Å². The van der Waals surface area contributed by atoms with E-state index in [-0.39, 0.29) is 35.5 Å². The maximum Gasteiger partial charge on any atom is 0.254 e. The molecule has 2 amide bonds. The summed E-state index contributed by atoms with van der Waals surface area (Å²) in [6, 6.07) is 20.0. The predicted molar refractivity (Wildman–Crippen MR) is 140 cm³/mol. The van der Waals surface area contributed by atoms with Crippen molar-refractivity contribution in [3.63, 3.8) is 0 Å². The number of rotatable bonds is 7. The summed E-state index contributed by atoms with van der Waals surface area (Å²) in [6.45, 7) is 2.81. The van der Waals surface area contributed by atoms with Gasteiger partial charge in [-0.05, 0) is 77.1 Å². The fourth-order valence-electron chi connectivity index (χ4n) is 6.75. The van der Waals surface area contributed by atoms with Crippen LogP contribution in [0, 0.1) is 35.5 Å². The summed E-state index contributed by atoms with van der Waals surface area (Å²) in [7, 11) is 0. The van der Waals surface area contributed by atoms with E-state index < -0.39 is 0 Å². The van der Waals surface area contributed by atoms with Crippen molar-refractivity contribution in [2.45, 2.75) is 20.0 Å². The average molecular weight is 493 g/mol. The van der Waals surface area contributed by atoms with Crippen molar-refractivity contribution in [3.8, 4) is 11.5 Å². The second-order valence-corrected chi connectivity index (χ2v) is 10.5. The summed E-state index contributed by atoms with van der Waals surface area (Å²) in [6.07, 6.45) is 7.06. The van der Waals surface area contributed by atoms with Crippen LogP contribution >= 0.6 is 0 Å². The molecule has 2 bridgehead atoms. The number of ether oxygens (including phenoxy) is 2. The van der Waals surface area contributed by atoms with Gasteiger partial charge in [0.05, 0.1) is 24.7 Å². The van der Waals surface area contributed by atoms with E-state index in [0.29, 0.717) is 36.5 Å². The van der Waals surface area contributed by atoms with E-state index in [1.54, 1.807) is 6.21 Å². The second kappa shape index (κ2) is 8.58. The van der Waals surface area contributed by atoms with Gasteiger partial charge < -0.3 is 9.47 Å². The van der Waals surface area contributed by atoms with Crippen LogP contribution < -0.4 is 9.47 Å². The first kappa shape index (κ1) is 22.3. The van der Waals surface area contributed by atoms with Gasteiger partial charge in [0.1, 0.15) is 6.61 Å². The Kier molecular flexibility index (Phi) is 5.17. The number of carbonyl (C=O) groups is 2. The minimum atomic E-state index is -0.243. The maximum atomic E-state index is 13.2. The zero-order chi connectivity index (χ0) is 25.1. The third-order valence-corrected chi connectivity index (χ3v) is 8.49. The molecule has 4 aliphatic carbocycles. The molecule has 6 nitrogen and oxygen atoms in total. The Morgan fingerprint density at radius 3 is 2.38 bits per heavy atom. The van der Waals surface area contributed by atoms with Crippen LogP contribution in [0.4, 0.5) is 0 Å². The van der Waals surface area contributed by atoms with Crippen LogP contribution in [0.15, 0.2) is 77.9 Å². The molecule has 1 saturated heterocycles. The highest BCUT2D eigenvalue weighted by Gasteiger charge is 2.67. The predicted octanol–water partition coefficient (Wildman–Crippen LogP) is 5.20. The number of amides is 2. The van der Waals surface area contributed by atoms with Crippen LogP contribution in [0.5, 0.6) is 11.5 Å². The Morgan fingerprint density at radius 1 is 0.892 bits per heavy atom. The SMILES string of the molecule is CCOc1cc(C=NN2C(=O)[C@@H]3[C@H]4C=C[C@@H]([C@@H]5C[C@@H]45)[C@@H]3C2=O)ccc1OCc1cccc2ccccc12. The first-order valence-corrected chi connectivity index (χ1v) is 13.1. The number of benzene rings is 3. The Balaban J connectivity index is 1.10. The highest BCUT2D eigenvalue weighted by molar-refractivity contribution is 6.06. The average Bonchev–Trinajstić information content (AvgIpc) is 3.71. The van der Waals surface area contributed by atoms with Gasteiger partial charge in [-0.15, -0.1) is 0 Å². The smallest absolute Gasteiger partial charge is 0.254 e. The number of fused-ring (bicyclic) bond motifs is 1. The lowest BCUT2D eigenvalue weighted by Crippen LogP contribution is -2.40. The molecule has 0 unspecified atom stereocenters. The van der Waals surface area contributed by atoms with Crippen molar-refractivity contribution in [1.29, 1.82) is 0 Å². The molecule has 2 saturated carbocycles. The van der Waals surface area contributed by atoms with Crippen LogP contribution in [-0.2, 0) is 16.2 Å². The summed E-state index contributed by atoms with van der Waals surface area (Å²) in [5.41, 5.74) is 1.83. The fraction of sp³-hybridized carbons (Fsp3) is 0.323. The number of carbonyl (C=O) groups excluding carboxylic acids is 2. The lowest BCUT2D eigenvalue weighted by Gasteiger charge is -2.37. The van der Waals surface area contributed by atoms with Crippen LogP contribution in [0.2, 0.25) is 0 Å². The normalized spacial score (nSPS) is 29.2. The monoisotopic (exact) mass is 492 g/mol. The van der Waals surface area contributed by atoms with E-state index in [0.717, 1.165) is 27.9 Å². The van der Waals surface area contributed by atoms with E-state index in [1.807, 2.05) is 43.3 Å². The third kappa shape index (κ3) is 3.57. The molecular formula is C31H28N2O4. The number of nitrogens with zero attached hydrogens (tertiary/aromatic N) is 2. The molecule has 0 aromatic heterocycles. The van der Waals surface area contributed by atoms with Crippen molar-refractivity contribution < 1.29 is 19.1 Å². The molecule has 0 N–H and O–H groups in total. The molecular weight excluding hydrogens is 464 g/mol. The van der Waals surface area contributed by atoms with E-state index >= 15 is 0 Å². The second-order valence-electron chi connectivity index (χ2n) is 10.5. The molecule has 1 heterocycles.